The number of imide groups is 1. The largest absolute Gasteiger partial charge is 0.294 e. The minimum atomic E-state index is -0.413. The number of fused-ring (bicyclic) bond motifs is 2. The molecule has 1 saturated carbocycles. The van der Waals surface area contributed by atoms with E-state index < -0.39 is 5.91 Å². The van der Waals surface area contributed by atoms with Gasteiger partial charge in [-0.25, -0.2) is 0 Å². The normalized spacial score (nSPS) is 16.8. The van der Waals surface area contributed by atoms with Crippen molar-refractivity contribution in [3.8, 4) is 0 Å². The first-order chi connectivity index (χ1) is 12.1. The molecule has 1 aromatic heterocycles. The molecule has 1 aliphatic heterocycles. The number of carbonyl (C=O) groups excluding carboxylic acids is 3. The molecule has 5 nitrogen and oxygen atoms in total. The van der Waals surface area contributed by atoms with Crippen LogP contribution in [0.3, 0.4) is 0 Å². The summed E-state index contributed by atoms with van der Waals surface area (Å²) in [6.07, 6.45) is 3.37. The summed E-state index contributed by atoms with van der Waals surface area (Å²) in [5.74, 6) is -0.799. The van der Waals surface area contributed by atoms with Crippen LogP contribution >= 0.6 is 0 Å². The molecule has 3 aromatic rings. The average Bonchev–Trinajstić information content (AvgIpc) is 3.48. The first kappa shape index (κ1) is 14.3. The highest BCUT2D eigenvalue weighted by Crippen LogP contribution is 2.41. The number of hydrogen-bond donors (Lipinski definition) is 0. The molecule has 122 valence electrons. The van der Waals surface area contributed by atoms with Crippen molar-refractivity contribution in [3.63, 3.8) is 0 Å². The molecule has 0 N–H and O–H groups in total. The summed E-state index contributed by atoms with van der Waals surface area (Å²) in [6, 6.07) is 8.96. The Balaban J connectivity index is 2.06. The Morgan fingerprint density at radius 2 is 1.84 bits per heavy atom. The Bertz CT molecular complexity index is 1130. The van der Waals surface area contributed by atoms with E-state index in [1.54, 1.807) is 24.4 Å². The van der Waals surface area contributed by atoms with Crippen LogP contribution in [0.25, 0.3) is 21.7 Å². The highest BCUT2D eigenvalue weighted by Gasteiger charge is 2.39. The molecular weight excluding hydrogens is 316 g/mol. The zero-order chi connectivity index (χ0) is 17.3. The van der Waals surface area contributed by atoms with Gasteiger partial charge >= 0.3 is 0 Å². The predicted octanol–water partition coefficient (Wildman–Crippen LogP) is 3.21. The van der Waals surface area contributed by atoms with Gasteiger partial charge in [0, 0.05) is 46.4 Å². The second-order valence-electron chi connectivity index (χ2n) is 6.69. The quantitative estimate of drug-likeness (QED) is 0.411. The minimum Gasteiger partial charge on any atom is -0.294 e. The fourth-order valence-electron chi connectivity index (χ4n) is 3.74. The van der Waals surface area contributed by atoms with Crippen LogP contribution < -0.4 is 0 Å². The molecule has 25 heavy (non-hydrogen) atoms. The van der Waals surface area contributed by atoms with Crippen molar-refractivity contribution in [1.82, 2.24) is 9.88 Å². The number of nitrogens with zero attached hydrogens (tertiary/aromatic N) is 2. The van der Waals surface area contributed by atoms with Crippen LogP contribution in [0.5, 0.6) is 0 Å². The maximum absolute atomic E-state index is 13.0. The van der Waals surface area contributed by atoms with Crippen molar-refractivity contribution in [2.45, 2.75) is 12.8 Å². The van der Waals surface area contributed by atoms with E-state index in [4.69, 9.17) is 0 Å². The molecule has 5 heteroatoms. The van der Waals surface area contributed by atoms with Gasteiger partial charge in [-0.3, -0.25) is 24.3 Å². The van der Waals surface area contributed by atoms with Crippen molar-refractivity contribution >= 4 is 39.3 Å². The topological polar surface area (TPSA) is 67.3 Å². The van der Waals surface area contributed by atoms with Gasteiger partial charge in [0.25, 0.3) is 11.8 Å². The van der Waals surface area contributed by atoms with Crippen LogP contribution in [0.1, 0.15) is 43.9 Å². The van der Waals surface area contributed by atoms with Crippen molar-refractivity contribution in [3.05, 3.63) is 53.2 Å². The lowest BCUT2D eigenvalue weighted by Gasteiger charge is -2.26. The van der Waals surface area contributed by atoms with E-state index in [2.05, 4.69) is 4.98 Å². The first-order valence-electron chi connectivity index (χ1n) is 8.29. The number of Topliss-reactive ketones (excluding diaryl/α,β-unsaturated/α-hetero) is 1. The van der Waals surface area contributed by atoms with Crippen molar-refractivity contribution < 1.29 is 14.4 Å². The zero-order valence-electron chi connectivity index (χ0n) is 13.6. The van der Waals surface area contributed by atoms with Crippen LogP contribution in [0.15, 0.2) is 36.5 Å². The second-order valence-corrected chi connectivity index (χ2v) is 6.69. The van der Waals surface area contributed by atoms with Crippen LogP contribution in [-0.4, -0.2) is 34.5 Å². The number of carbonyl (C=O) groups is 3. The number of benzene rings is 2. The fraction of sp³-hybridized carbons (Fsp3) is 0.200. The molecule has 0 saturated heterocycles. The van der Waals surface area contributed by atoms with E-state index in [9.17, 15) is 14.4 Å². The van der Waals surface area contributed by atoms with Gasteiger partial charge in [0.2, 0.25) is 0 Å². The molecule has 0 unspecified atom stereocenters. The van der Waals surface area contributed by atoms with Gasteiger partial charge in [-0.2, -0.15) is 0 Å². The Morgan fingerprint density at radius 1 is 1.08 bits per heavy atom. The van der Waals surface area contributed by atoms with Gasteiger partial charge in [-0.05, 0) is 25.0 Å². The van der Waals surface area contributed by atoms with Gasteiger partial charge in [-0.1, -0.05) is 18.2 Å². The van der Waals surface area contributed by atoms with E-state index in [1.165, 1.54) is 7.05 Å². The molecule has 0 bridgehead atoms. The summed E-state index contributed by atoms with van der Waals surface area (Å²) in [5.41, 5.74) is 1.89. The molecular formula is C20H14N2O3. The maximum Gasteiger partial charge on any atom is 0.261 e. The van der Waals surface area contributed by atoms with Crippen LogP contribution in [0.4, 0.5) is 0 Å². The van der Waals surface area contributed by atoms with Gasteiger partial charge in [0.05, 0.1) is 11.1 Å². The number of rotatable bonds is 2. The van der Waals surface area contributed by atoms with Crippen molar-refractivity contribution in [2.24, 2.45) is 5.92 Å². The third-order valence-electron chi connectivity index (χ3n) is 5.14. The minimum absolute atomic E-state index is 0.0131. The van der Waals surface area contributed by atoms with Gasteiger partial charge in [0.1, 0.15) is 0 Å². The number of ketones is 1. The molecule has 0 atom stereocenters. The number of hydrogen-bond acceptors (Lipinski definition) is 4. The Morgan fingerprint density at radius 3 is 2.60 bits per heavy atom. The molecule has 5 rings (SSSR count). The lowest BCUT2D eigenvalue weighted by molar-refractivity contribution is 0.0647. The predicted molar refractivity (Wildman–Crippen MR) is 92.7 cm³/mol. The molecule has 2 aromatic carbocycles. The van der Waals surface area contributed by atoms with Gasteiger partial charge in [-0.15, -0.1) is 0 Å². The van der Waals surface area contributed by atoms with Crippen molar-refractivity contribution in [2.75, 3.05) is 7.05 Å². The van der Waals surface area contributed by atoms with Crippen LogP contribution in [-0.2, 0) is 0 Å². The molecule has 1 fully saturated rings. The molecule has 2 amide bonds. The lowest BCUT2D eigenvalue weighted by Crippen LogP contribution is -2.38. The Hall–Kier alpha value is -3.08. The lowest BCUT2D eigenvalue weighted by atomic mass is 9.85. The monoisotopic (exact) mass is 330 g/mol. The third-order valence-corrected chi connectivity index (χ3v) is 5.14. The highest BCUT2D eigenvalue weighted by molar-refractivity contribution is 6.33. The summed E-state index contributed by atoms with van der Waals surface area (Å²) in [6.45, 7) is 0. The van der Waals surface area contributed by atoms with E-state index in [1.807, 2.05) is 12.1 Å². The highest BCUT2D eigenvalue weighted by atomic mass is 16.2. The molecule has 2 heterocycles. The van der Waals surface area contributed by atoms with Crippen molar-refractivity contribution in [1.29, 1.82) is 0 Å². The Kier molecular flexibility index (Phi) is 2.70. The average molecular weight is 330 g/mol. The van der Waals surface area contributed by atoms with Crippen LogP contribution in [0, 0.1) is 5.92 Å². The summed E-state index contributed by atoms with van der Waals surface area (Å²) >= 11 is 0. The first-order valence-corrected chi connectivity index (χ1v) is 8.29. The fourth-order valence-corrected chi connectivity index (χ4v) is 3.74. The SMILES string of the molecule is CN1C(=O)c2cccc3c2c(c(C(=O)C2CC2)c2cccnc23)C1=O. The Labute approximate surface area is 143 Å². The van der Waals surface area contributed by atoms with Gasteiger partial charge < -0.3 is 0 Å². The standard InChI is InChI=1S/C20H14N2O3/c1-22-19(24)13-5-2-4-11-14(13)16(20(22)25)15(18(23)10-7-8-10)12-6-3-9-21-17(11)12/h2-6,9-10H,7-8H2,1H3. The van der Waals surface area contributed by atoms with Crippen LogP contribution in [0.2, 0.25) is 0 Å². The van der Waals surface area contributed by atoms with E-state index in [-0.39, 0.29) is 17.6 Å². The summed E-state index contributed by atoms with van der Waals surface area (Å²) in [7, 11) is 1.46. The summed E-state index contributed by atoms with van der Waals surface area (Å²) < 4.78 is 0. The molecule has 1 aliphatic carbocycles. The maximum atomic E-state index is 13.0. The van der Waals surface area contributed by atoms with E-state index in [0.29, 0.717) is 33.0 Å². The molecule has 2 aliphatic rings. The number of pyridine rings is 1. The summed E-state index contributed by atoms with van der Waals surface area (Å²) in [5, 5.41) is 1.99. The van der Waals surface area contributed by atoms with Gasteiger partial charge in [0.15, 0.2) is 5.78 Å². The number of aromatic nitrogens is 1. The second kappa shape index (κ2) is 4.72. The van der Waals surface area contributed by atoms with E-state index in [0.717, 1.165) is 23.1 Å². The third kappa shape index (κ3) is 1.78. The molecule has 0 radical (unpaired) electrons. The van der Waals surface area contributed by atoms with E-state index >= 15 is 0 Å². The molecule has 0 spiro atoms. The smallest absolute Gasteiger partial charge is 0.261 e. The zero-order valence-corrected chi connectivity index (χ0v) is 13.6. The number of amides is 2. The summed E-state index contributed by atoms with van der Waals surface area (Å²) in [4.78, 5) is 44.1.